The topological polar surface area (TPSA) is 96.6 Å². The molecule has 8 heteroatoms. The third-order valence-corrected chi connectivity index (χ3v) is 4.49. The first-order valence-electron chi connectivity index (χ1n) is 6.77. The molecule has 6 nitrogen and oxygen atoms in total. The fourth-order valence-electron chi connectivity index (χ4n) is 2.01. The molecule has 0 bridgehead atoms. The number of carboxylic acids is 1. The van der Waals surface area contributed by atoms with E-state index in [-0.39, 0.29) is 12.0 Å². The fraction of sp³-hybridized carbons (Fsp3) is 0.357. The second-order valence-corrected chi connectivity index (χ2v) is 6.55. The van der Waals surface area contributed by atoms with E-state index in [2.05, 4.69) is 4.72 Å². The summed E-state index contributed by atoms with van der Waals surface area (Å²) in [5.41, 5.74) is 0.210. The number of aliphatic carboxylic acids is 1. The van der Waals surface area contributed by atoms with Crippen molar-refractivity contribution in [2.75, 3.05) is 0 Å². The highest BCUT2D eigenvalue weighted by Crippen LogP contribution is 2.23. The van der Waals surface area contributed by atoms with E-state index in [1.165, 1.54) is 12.1 Å². The summed E-state index contributed by atoms with van der Waals surface area (Å²) in [7, 11) is -4.13. The zero-order valence-corrected chi connectivity index (χ0v) is 12.7. The molecule has 22 heavy (non-hydrogen) atoms. The Hall–Kier alpha value is -1.93. The van der Waals surface area contributed by atoms with Crippen molar-refractivity contribution in [2.45, 2.75) is 37.3 Å². The van der Waals surface area contributed by atoms with Gasteiger partial charge in [-0.25, -0.2) is 12.8 Å². The van der Waals surface area contributed by atoms with Gasteiger partial charge in [-0.3, -0.25) is 4.79 Å². The number of nitrogens with one attached hydrogen (secondary N) is 1. The van der Waals surface area contributed by atoms with Gasteiger partial charge in [0.1, 0.15) is 17.4 Å². The lowest BCUT2D eigenvalue weighted by atomic mass is 10.1. The predicted molar refractivity (Wildman–Crippen MR) is 77.4 cm³/mol. The molecule has 2 aromatic rings. The molecule has 1 heterocycles. The Balaban J connectivity index is 2.29. The minimum atomic E-state index is -4.13. The van der Waals surface area contributed by atoms with Crippen LogP contribution in [0.2, 0.25) is 0 Å². The van der Waals surface area contributed by atoms with E-state index >= 15 is 0 Å². The quantitative estimate of drug-likeness (QED) is 0.813. The maximum Gasteiger partial charge on any atom is 0.321 e. The van der Waals surface area contributed by atoms with Gasteiger partial charge in [0.05, 0.1) is 0 Å². The molecule has 0 spiro atoms. The fourth-order valence-corrected chi connectivity index (χ4v) is 3.20. The highest BCUT2D eigenvalue weighted by atomic mass is 32.2. The molecule has 2 rings (SSSR count). The molecule has 0 saturated carbocycles. The van der Waals surface area contributed by atoms with Crippen molar-refractivity contribution in [3.05, 3.63) is 30.1 Å². The summed E-state index contributed by atoms with van der Waals surface area (Å²) in [4.78, 5) is 11.1. The zero-order valence-electron chi connectivity index (χ0n) is 11.9. The summed E-state index contributed by atoms with van der Waals surface area (Å²) in [5.74, 6) is -1.77. The first-order chi connectivity index (χ1) is 10.3. The average molecular weight is 329 g/mol. The van der Waals surface area contributed by atoms with Crippen molar-refractivity contribution >= 4 is 27.0 Å². The number of hydrogen-bond acceptors (Lipinski definition) is 4. The van der Waals surface area contributed by atoms with Crippen molar-refractivity contribution in [1.29, 1.82) is 0 Å². The molecule has 1 aromatic heterocycles. The Kier molecular flexibility index (Phi) is 4.82. The number of carbonyl (C=O) groups is 1. The van der Waals surface area contributed by atoms with Gasteiger partial charge in [-0.05, 0) is 24.6 Å². The van der Waals surface area contributed by atoms with Crippen molar-refractivity contribution in [2.24, 2.45) is 0 Å². The number of sulfonamides is 1. The van der Waals surface area contributed by atoms with E-state index in [4.69, 9.17) is 9.52 Å². The lowest BCUT2D eigenvalue weighted by molar-refractivity contribution is -0.139. The zero-order chi connectivity index (χ0) is 16.3. The minimum absolute atomic E-state index is 0.180. The molecule has 2 N–H and O–H groups in total. The van der Waals surface area contributed by atoms with Crippen LogP contribution in [0.25, 0.3) is 11.0 Å². The van der Waals surface area contributed by atoms with Crippen molar-refractivity contribution in [3.8, 4) is 0 Å². The third kappa shape index (κ3) is 3.63. The molecule has 1 atom stereocenters. The SMILES string of the molecule is CCCCC(NS(=O)(=O)c1cc2cc(F)ccc2o1)C(=O)O. The molecule has 0 fully saturated rings. The Bertz CT molecular complexity index is 784. The van der Waals surface area contributed by atoms with Gasteiger partial charge < -0.3 is 9.52 Å². The smallest absolute Gasteiger partial charge is 0.321 e. The third-order valence-electron chi connectivity index (χ3n) is 3.16. The number of fused-ring (bicyclic) bond motifs is 1. The van der Waals surface area contributed by atoms with Crippen LogP contribution in [0.15, 0.2) is 33.8 Å². The van der Waals surface area contributed by atoms with Crippen LogP contribution >= 0.6 is 0 Å². The van der Waals surface area contributed by atoms with Crippen LogP contribution in [-0.2, 0) is 14.8 Å². The van der Waals surface area contributed by atoms with Gasteiger partial charge in [-0.15, -0.1) is 0 Å². The van der Waals surface area contributed by atoms with Gasteiger partial charge in [0.2, 0.25) is 5.09 Å². The van der Waals surface area contributed by atoms with Crippen LogP contribution in [0.1, 0.15) is 26.2 Å². The highest BCUT2D eigenvalue weighted by Gasteiger charge is 2.27. The maximum absolute atomic E-state index is 13.1. The van der Waals surface area contributed by atoms with E-state index in [1.807, 2.05) is 6.92 Å². The molecule has 0 aliphatic rings. The maximum atomic E-state index is 13.1. The Morgan fingerprint density at radius 1 is 1.41 bits per heavy atom. The van der Waals surface area contributed by atoms with Gasteiger partial charge in [-0.2, -0.15) is 4.72 Å². The lowest BCUT2D eigenvalue weighted by Crippen LogP contribution is -2.40. The predicted octanol–water partition coefficient (Wildman–Crippen LogP) is 2.49. The summed E-state index contributed by atoms with van der Waals surface area (Å²) < 4.78 is 44.8. The number of hydrogen-bond donors (Lipinski definition) is 2. The molecule has 0 aliphatic carbocycles. The second kappa shape index (κ2) is 6.45. The number of unbranched alkanes of at least 4 members (excludes halogenated alkanes) is 1. The largest absolute Gasteiger partial charge is 0.480 e. The molecule has 0 saturated heterocycles. The summed E-state index contributed by atoms with van der Waals surface area (Å²) >= 11 is 0. The monoisotopic (exact) mass is 329 g/mol. The van der Waals surface area contributed by atoms with Crippen molar-refractivity contribution in [1.82, 2.24) is 4.72 Å². The standard InChI is InChI=1S/C14H16FNO5S/c1-2-3-4-11(14(17)18)16-22(19,20)13-8-9-7-10(15)5-6-12(9)21-13/h5-8,11,16H,2-4H2,1H3,(H,17,18). The van der Waals surface area contributed by atoms with Crippen LogP contribution in [0, 0.1) is 5.82 Å². The van der Waals surface area contributed by atoms with E-state index in [9.17, 15) is 17.6 Å². The van der Waals surface area contributed by atoms with Crippen LogP contribution in [-0.4, -0.2) is 25.5 Å². The summed E-state index contributed by atoms with van der Waals surface area (Å²) in [6.45, 7) is 1.88. The van der Waals surface area contributed by atoms with Crippen LogP contribution in [0.4, 0.5) is 4.39 Å². The molecule has 0 amide bonds. The Morgan fingerprint density at radius 3 is 2.77 bits per heavy atom. The number of rotatable bonds is 7. The van der Waals surface area contributed by atoms with Gasteiger partial charge in [-0.1, -0.05) is 19.8 Å². The van der Waals surface area contributed by atoms with Gasteiger partial charge >= 0.3 is 5.97 Å². The number of benzene rings is 1. The van der Waals surface area contributed by atoms with E-state index < -0.39 is 32.9 Å². The Labute approximate surface area is 127 Å². The second-order valence-electron chi connectivity index (χ2n) is 4.90. The van der Waals surface area contributed by atoms with Gasteiger partial charge in [0.25, 0.3) is 10.0 Å². The molecule has 120 valence electrons. The van der Waals surface area contributed by atoms with E-state index in [0.29, 0.717) is 11.8 Å². The van der Waals surface area contributed by atoms with Crippen LogP contribution in [0.3, 0.4) is 0 Å². The van der Waals surface area contributed by atoms with Crippen LogP contribution < -0.4 is 4.72 Å². The normalized spacial score (nSPS) is 13.4. The summed E-state index contributed by atoms with van der Waals surface area (Å²) in [6, 6.07) is 3.55. The van der Waals surface area contributed by atoms with E-state index in [0.717, 1.165) is 18.6 Å². The first-order valence-corrected chi connectivity index (χ1v) is 8.26. The molecular weight excluding hydrogens is 313 g/mol. The molecular formula is C14H16FNO5S. The lowest BCUT2D eigenvalue weighted by Gasteiger charge is -2.12. The Morgan fingerprint density at radius 2 is 2.14 bits per heavy atom. The van der Waals surface area contributed by atoms with E-state index in [1.54, 1.807) is 0 Å². The first kappa shape index (κ1) is 16.4. The number of furan rings is 1. The molecule has 1 aromatic carbocycles. The number of halogens is 1. The number of carboxylic acid groups (broad SMARTS) is 1. The summed E-state index contributed by atoms with van der Waals surface area (Å²) in [5, 5.41) is 8.94. The molecule has 0 aliphatic heterocycles. The van der Waals surface area contributed by atoms with Crippen molar-refractivity contribution in [3.63, 3.8) is 0 Å². The molecule has 0 radical (unpaired) electrons. The van der Waals surface area contributed by atoms with Gasteiger partial charge in [0, 0.05) is 11.5 Å². The molecule has 1 unspecified atom stereocenters. The minimum Gasteiger partial charge on any atom is -0.480 e. The van der Waals surface area contributed by atoms with Crippen molar-refractivity contribution < 1.29 is 27.1 Å². The van der Waals surface area contributed by atoms with Crippen LogP contribution in [0.5, 0.6) is 0 Å². The highest BCUT2D eigenvalue weighted by molar-refractivity contribution is 7.89. The van der Waals surface area contributed by atoms with Gasteiger partial charge in [0.15, 0.2) is 0 Å². The summed E-state index contributed by atoms with van der Waals surface area (Å²) in [6.07, 6.45) is 1.50. The average Bonchev–Trinajstić information content (AvgIpc) is 2.87.